The molecule has 0 bridgehead atoms. The van der Waals surface area contributed by atoms with Gasteiger partial charge in [-0.2, -0.15) is 0 Å². The first-order valence-corrected chi connectivity index (χ1v) is 12.4. The minimum atomic E-state index is 1.20. The van der Waals surface area contributed by atoms with E-state index >= 15 is 0 Å². The molecule has 2 aromatic carbocycles. The molecular formula is C29H43. The van der Waals surface area contributed by atoms with Gasteiger partial charge in [-0.15, -0.1) is 0 Å². The van der Waals surface area contributed by atoms with Crippen LogP contribution in [0.1, 0.15) is 108 Å². The average molecular weight is 392 g/mol. The lowest BCUT2D eigenvalue weighted by molar-refractivity contribution is 0.589. The number of hydrogen-bond acceptors (Lipinski definition) is 0. The summed E-state index contributed by atoms with van der Waals surface area (Å²) >= 11 is 0. The van der Waals surface area contributed by atoms with E-state index < -0.39 is 0 Å². The van der Waals surface area contributed by atoms with E-state index in [2.05, 4.69) is 62.4 Å². The molecule has 1 radical (unpaired) electrons. The Balaban J connectivity index is 1.73. The monoisotopic (exact) mass is 391 g/mol. The second-order valence-corrected chi connectivity index (χ2v) is 8.70. The molecule has 2 aromatic rings. The predicted molar refractivity (Wildman–Crippen MR) is 129 cm³/mol. The summed E-state index contributed by atoms with van der Waals surface area (Å²) in [6, 6.07) is 19.3. The van der Waals surface area contributed by atoms with Crippen LogP contribution in [0, 0.1) is 6.07 Å². The Morgan fingerprint density at radius 1 is 0.552 bits per heavy atom. The molecule has 0 unspecified atom stereocenters. The SMILES string of the molecule is CCCCCCCCCc1ccc(-c2[c]ccc(CCCCCCCC)c2)cc1. The molecule has 0 N–H and O–H groups in total. The summed E-state index contributed by atoms with van der Waals surface area (Å²) in [6.07, 6.45) is 20.3. The molecule has 0 saturated heterocycles. The zero-order chi connectivity index (χ0) is 20.6. The first kappa shape index (κ1) is 23.7. The van der Waals surface area contributed by atoms with Crippen molar-refractivity contribution in [2.45, 2.75) is 110 Å². The summed E-state index contributed by atoms with van der Waals surface area (Å²) in [5.41, 5.74) is 5.49. The Morgan fingerprint density at radius 3 is 1.66 bits per heavy atom. The number of hydrogen-bond donors (Lipinski definition) is 0. The van der Waals surface area contributed by atoms with Gasteiger partial charge in [0.1, 0.15) is 0 Å². The Morgan fingerprint density at radius 2 is 1.07 bits per heavy atom. The normalized spacial score (nSPS) is 11.1. The Bertz CT molecular complexity index is 637. The van der Waals surface area contributed by atoms with Gasteiger partial charge in [0.2, 0.25) is 0 Å². The van der Waals surface area contributed by atoms with Crippen molar-refractivity contribution in [2.24, 2.45) is 0 Å². The lowest BCUT2D eigenvalue weighted by Crippen LogP contribution is -1.89. The van der Waals surface area contributed by atoms with Crippen molar-refractivity contribution in [3.05, 3.63) is 59.7 Å². The Labute approximate surface area is 181 Å². The van der Waals surface area contributed by atoms with Gasteiger partial charge in [0, 0.05) is 0 Å². The van der Waals surface area contributed by atoms with Gasteiger partial charge >= 0.3 is 0 Å². The fourth-order valence-electron chi connectivity index (χ4n) is 4.08. The second-order valence-electron chi connectivity index (χ2n) is 8.70. The van der Waals surface area contributed by atoms with E-state index in [1.807, 2.05) is 0 Å². The molecule has 0 saturated carbocycles. The van der Waals surface area contributed by atoms with Gasteiger partial charge in [0.05, 0.1) is 0 Å². The molecule has 0 aliphatic heterocycles. The third kappa shape index (κ3) is 10.2. The zero-order valence-electron chi connectivity index (χ0n) is 19.1. The van der Waals surface area contributed by atoms with Crippen molar-refractivity contribution in [3.63, 3.8) is 0 Å². The van der Waals surface area contributed by atoms with Gasteiger partial charge < -0.3 is 0 Å². The highest BCUT2D eigenvalue weighted by Crippen LogP contribution is 2.22. The summed E-state index contributed by atoms with van der Waals surface area (Å²) in [5, 5.41) is 0. The van der Waals surface area contributed by atoms with Crippen LogP contribution in [-0.2, 0) is 12.8 Å². The molecule has 0 aliphatic carbocycles. The van der Waals surface area contributed by atoms with E-state index in [0.29, 0.717) is 0 Å². The van der Waals surface area contributed by atoms with Crippen LogP contribution in [0.4, 0.5) is 0 Å². The Hall–Kier alpha value is -1.56. The third-order valence-electron chi connectivity index (χ3n) is 6.02. The molecule has 0 aromatic heterocycles. The quantitative estimate of drug-likeness (QED) is 0.250. The molecular weight excluding hydrogens is 348 g/mol. The van der Waals surface area contributed by atoms with Crippen LogP contribution in [0.5, 0.6) is 0 Å². The van der Waals surface area contributed by atoms with Crippen molar-refractivity contribution >= 4 is 0 Å². The molecule has 0 heterocycles. The molecule has 2 rings (SSSR count). The third-order valence-corrected chi connectivity index (χ3v) is 6.02. The van der Waals surface area contributed by atoms with Gasteiger partial charge in [0.15, 0.2) is 0 Å². The van der Waals surface area contributed by atoms with Gasteiger partial charge in [-0.3, -0.25) is 0 Å². The number of unbranched alkanes of at least 4 members (excludes halogenated alkanes) is 11. The molecule has 0 nitrogen and oxygen atoms in total. The van der Waals surface area contributed by atoms with Gasteiger partial charge in [-0.1, -0.05) is 127 Å². The molecule has 0 spiro atoms. The molecule has 0 aliphatic rings. The maximum atomic E-state index is 3.44. The smallest absolute Gasteiger partial charge is 0.00990 e. The molecule has 0 heteroatoms. The molecule has 0 fully saturated rings. The summed E-state index contributed by atoms with van der Waals surface area (Å²) < 4.78 is 0. The summed E-state index contributed by atoms with van der Waals surface area (Å²) in [7, 11) is 0. The highest BCUT2D eigenvalue weighted by atomic mass is 14.1. The van der Waals surface area contributed by atoms with E-state index in [-0.39, 0.29) is 0 Å². The highest BCUT2D eigenvalue weighted by Gasteiger charge is 2.02. The van der Waals surface area contributed by atoms with Crippen LogP contribution in [0.15, 0.2) is 42.5 Å². The van der Waals surface area contributed by atoms with Crippen LogP contribution >= 0.6 is 0 Å². The first-order chi connectivity index (χ1) is 14.3. The average Bonchev–Trinajstić information content (AvgIpc) is 2.76. The minimum Gasteiger partial charge on any atom is -0.0654 e. The standard InChI is InChI=1S/C29H43/c1-3-5-7-9-11-13-14-17-26-21-23-28(24-22-26)29-20-16-19-27(25-29)18-15-12-10-8-6-4-2/h16,19,21-25H,3-15,17-18H2,1-2H3. The highest BCUT2D eigenvalue weighted by molar-refractivity contribution is 5.63. The van der Waals surface area contributed by atoms with Crippen molar-refractivity contribution in [2.75, 3.05) is 0 Å². The largest absolute Gasteiger partial charge is 0.0654 e. The van der Waals surface area contributed by atoms with E-state index in [4.69, 9.17) is 0 Å². The number of rotatable bonds is 16. The molecule has 0 atom stereocenters. The van der Waals surface area contributed by atoms with Gasteiger partial charge in [-0.25, -0.2) is 0 Å². The Kier molecular flexibility index (Phi) is 12.5. The first-order valence-electron chi connectivity index (χ1n) is 12.4. The number of aryl methyl sites for hydroxylation is 2. The molecule has 159 valence electrons. The van der Waals surface area contributed by atoms with Crippen LogP contribution in [0.2, 0.25) is 0 Å². The van der Waals surface area contributed by atoms with Crippen LogP contribution in [-0.4, -0.2) is 0 Å². The maximum Gasteiger partial charge on any atom is -0.00990 e. The van der Waals surface area contributed by atoms with Crippen LogP contribution < -0.4 is 0 Å². The summed E-state index contributed by atoms with van der Waals surface area (Å²) in [5.74, 6) is 0. The van der Waals surface area contributed by atoms with E-state index in [0.717, 1.165) is 0 Å². The fraction of sp³-hybridized carbons (Fsp3) is 0.586. The van der Waals surface area contributed by atoms with E-state index in [9.17, 15) is 0 Å². The van der Waals surface area contributed by atoms with Crippen molar-refractivity contribution in [3.8, 4) is 11.1 Å². The summed E-state index contributed by atoms with van der Waals surface area (Å²) in [4.78, 5) is 0. The van der Waals surface area contributed by atoms with Crippen LogP contribution in [0.25, 0.3) is 11.1 Å². The lowest BCUT2D eigenvalue weighted by Gasteiger charge is -2.07. The fourth-order valence-corrected chi connectivity index (χ4v) is 4.08. The van der Waals surface area contributed by atoms with Crippen molar-refractivity contribution in [1.82, 2.24) is 0 Å². The maximum absolute atomic E-state index is 3.44. The number of benzene rings is 2. The zero-order valence-corrected chi connectivity index (χ0v) is 19.1. The van der Waals surface area contributed by atoms with E-state index in [1.54, 1.807) is 0 Å². The molecule has 29 heavy (non-hydrogen) atoms. The minimum absolute atomic E-state index is 1.20. The van der Waals surface area contributed by atoms with Crippen molar-refractivity contribution < 1.29 is 0 Å². The summed E-state index contributed by atoms with van der Waals surface area (Å²) in [6.45, 7) is 4.57. The van der Waals surface area contributed by atoms with E-state index in [1.165, 1.54) is 119 Å². The van der Waals surface area contributed by atoms with Crippen LogP contribution in [0.3, 0.4) is 0 Å². The topological polar surface area (TPSA) is 0 Å². The van der Waals surface area contributed by atoms with Gasteiger partial charge in [0.25, 0.3) is 0 Å². The van der Waals surface area contributed by atoms with Crippen molar-refractivity contribution in [1.29, 1.82) is 0 Å². The lowest BCUT2D eigenvalue weighted by atomic mass is 9.98. The predicted octanol–water partition coefficient (Wildman–Crippen LogP) is 9.35. The molecule has 0 amide bonds. The van der Waals surface area contributed by atoms with Gasteiger partial charge in [-0.05, 0) is 54.0 Å². The second kappa shape index (κ2) is 15.3.